The molecule has 332 valence electrons. The number of unbranched alkanes of at least 4 members (excludes halogenated alkanes) is 12. The summed E-state index contributed by atoms with van der Waals surface area (Å²) in [5.74, 6) is -1.91. The second-order valence-corrected chi connectivity index (χ2v) is 16.4. The average molecular weight is 949 g/mol. The van der Waals surface area contributed by atoms with Gasteiger partial charge in [-0.05, 0) is 101 Å². The molecule has 2 aromatic rings. The van der Waals surface area contributed by atoms with E-state index in [-0.39, 0.29) is 86.1 Å². The molecular weight excluding hydrogens is 866 g/mol. The Morgan fingerprint density at radius 3 is 1.12 bits per heavy atom. The summed E-state index contributed by atoms with van der Waals surface area (Å²) in [6.45, 7) is 5.65. The molecule has 0 fully saturated rings. The van der Waals surface area contributed by atoms with Crippen molar-refractivity contribution in [1.82, 2.24) is 0 Å². The minimum Gasteiger partial charge on any atom is -0.550 e. The van der Waals surface area contributed by atoms with Crippen LogP contribution in [0.5, 0.6) is 0 Å². The average Bonchev–Trinajstić information content (AvgIpc) is 3.22. The van der Waals surface area contributed by atoms with E-state index in [0.29, 0.717) is 26.1 Å². The first kappa shape index (κ1) is 57.8. The predicted molar refractivity (Wildman–Crippen MR) is 238 cm³/mol. The number of hydrogen-bond acceptors (Lipinski definition) is 8. The van der Waals surface area contributed by atoms with Gasteiger partial charge < -0.3 is 39.5 Å². The summed E-state index contributed by atoms with van der Waals surface area (Å²) in [7, 11) is 0. The molecule has 0 bridgehead atoms. The Morgan fingerprint density at radius 1 is 0.458 bits per heavy atom. The number of aliphatic hydroxyl groups is 2. The van der Waals surface area contributed by atoms with E-state index in [2.05, 4.69) is 38.1 Å². The molecule has 4 atom stereocenters. The van der Waals surface area contributed by atoms with Crippen LogP contribution in [0.4, 0.5) is 0 Å². The van der Waals surface area contributed by atoms with Crippen LogP contribution in [0.3, 0.4) is 0 Å². The number of carbonyl (C=O) groups excluding carboxylic acids is 2. The van der Waals surface area contributed by atoms with Gasteiger partial charge in [0.05, 0.1) is 37.6 Å². The Kier molecular flexibility index (Phi) is 41.2. The molecule has 0 aliphatic rings. The van der Waals surface area contributed by atoms with Crippen LogP contribution >= 0.6 is 0 Å². The van der Waals surface area contributed by atoms with Gasteiger partial charge in [-0.3, -0.25) is 0 Å². The van der Waals surface area contributed by atoms with Crippen molar-refractivity contribution in [1.29, 1.82) is 0 Å². The van der Waals surface area contributed by atoms with Gasteiger partial charge in [0.15, 0.2) is 0 Å². The van der Waals surface area contributed by atoms with Crippen LogP contribution in [0.15, 0.2) is 60.7 Å². The molecule has 0 spiro atoms. The van der Waals surface area contributed by atoms with E-state index in [1.807, 2.05) is 36.4 Å². The first-order valence-corrected chi connectivity index (χ1v) is 23.3. The third-order valence-electron chi connectivity index (χ3n) is 10.9. The number of carboxylic acid groups (broad SMARTS) is 2. The first-order valence-electron chi connectivity index (χ1n) is 23.3. The van der Waals surface area contributed by atoms with Crippen LogP contribution < -0.4 is 10.2 Å². The quantitative estimate of drug-likeness (QED) is 0.0501. The Balaban J connectivity index is 0.00000112. The number of benzene rings is 2. The van der Waals surface area contributed by atoms with Crippen LogP contribution in [0.25, 0.3) is 0 Å². The Labute approximate surface area is 400 Å². The Bertz CT molecular complexity index is 1110. The number of rotatable bonds is 38. The second-order valence-electron chi connectivity index (χ2n) is 16.4. The van der Waals surface area contributed by atoms with Gasteiger partial charge in [-0.25, -0.2) is 0 Å². The molecule has 0 aliphatic carbocycles. The zero-order chi connectivity index (χ0) is 42.3. The largest absolute Gasteiger partial charge is 2.00 e. The fraction of sp³-hybridized carbons (Fsp3) is 0.720. The number of aliphatic hydroxyl groups excluding tert-OH is 2. The fourth-order valence-electron chi connectivity index (χ4n) is 7.25. The van der Waals surface area contributed by atoms with Crippen molar-refractivity contribution in [2.24, 2.45) is 0 Å². The van der Waals surface area contributed by atoms with E-state index in [9.17, 15) is 30.0 Å². The van der Waals surface area contributed by atoms with Gasteiger partial charge in [-0.1, -0.05) is 164 Å². The molecule has 0 amide bonds. The summed E-state index contributed by atoms with van der Waals surface area (Å²) >= 11 is 0. The standard InChI is InChI=1S/2C25H42O4.Ba/c2*1-2-3-4-10-16-23(26)17-13-19-24(18-11-5-6-12-20-25(27)28)29-21-22-14-8-7-9-15-22;/h2*7-9,14-15,23-24,26H,2-6,10-13,16-21H2,1H3,(H,27,28);/q;;+2/p-2. The van der Waals surface area contributed by atoms with Gasteiger partial charge in [-0.15, -0.1) is 0 Å². The molecule has 2 N–H and O–H groups in total. The molecule has 9 heteroatoms. The molecule has 0 radical (unpaired) electrons. The Hall–Kier alpha value is -1.21. The van der Waals surface area contributed by atoms with Crippen LogP contribution in [-0.4, -0.2) is 95.4 Å². The van der Waals surface area contributed by atoms with Crippen LogP contribution in [0.2, 0.25) is 0 Å². The third-order valence-corrected chi connectivity index (χ3v) is 10.9. The van der Waals surface area contributed by atoms with Gasteiger partial charge >= 0.3 is 48.9 Å². The smallest absolute Gasteiger partial charge is 0.550 e. The number of carboxylic acids is 2. The van der Waals surface area contributed by atoms with Gasteiger partial charge in [-0.2, -0.15) is 0 Å². The maximum atomic E-state index is 10.5. The van der Waals surface area contributed by atoms with Crippen molar-refractivity contribution in [3.05, 3.63) is 71.8 Å². The van der Waals surface area contributed by atoms with Crippen LogP contribution in [-0.2, 0) is 32.3 Å². The Morgan fingerprint density at radius 2 is 0.763 bits per heavy atom. The van der Waals surface area contributed by atoms with E-state index in [1.165, 1.54) is 49.7 Å². The molecule has 0 saturated heterocycles. The second kappa shape index (κ2) is 42.1. The van der Waals surface area contributed by atoms with Gasteiger partial charge in [0.2, 0.25) is 0 Å². The summed E-state index contributed by atoms with van der Waals surface area (Å²) in [6, 6.07) is 20.5. The number of ether oxygens (including phenoxy) is 2. The molecule has 0 saturated carbocycles. The first-order chi connectivity index (χ1) is 28.2. The monoisotopic (exact) mass is 949 g/mol. The van der Waals surface area contributed by atoms with E-state index < -0.39 is 11.9 Å². The minimum atomic E-state index is -0.956. The van der Waals surface area contributed by atoms with Crippen LogP contribution in [0, 0.1) is 0 Å². The molecule has 8 nitrogen and oxygen atoms in total. The van der Waals surface area contributed by atoms with Crippen molar-refractivity contribution in [2.75, 3.05) is 0 Å². The molecule has 2 aromatic carbocycles. The van der Waals surface area contributed by atoms with Crippen molar-refractivity contribution in [2.45, 2.75) is 231 Å². The summed E-state index contributed by atoms with van der Waals surface area (Å²) in [4.78, 5) is 21.0. The molecule has 4 unspecified atom stereocenters. The molecule has 0 heterocycles. The number of aliphatic carboxylic acids is 2. The predicted octanol–water partition coefficient (Wildman–Crippen LogP) is 9.95. The topological polar surface area (TPSA) is 139 Å². The number of hydrogen-bond donors (Lipinski definition) is 2. The van der Waals surface area contributed by atoms with Crippen LogP contribution in [0.1, 0.15) is 205 Å². The summed E-state index contributed by atoms with van der Waals surface area (Å²) in [5, 5.41) is 41.3. The van der Waals surface area contributed by atoms with E-state index in [4.69, 9.17) is 9.47 Å². The molecule has 2 rings (SSSR count). The van der Waals surface area contributed by atoms with Gasteiger partial charge in [0.1, 0.15) is 0 Å². The van der Waals surface area contributed by atoms with Crippen molar-refractivity contribution in [3.8, 4) is 0 Å². The fourth-order valence-corrected chi connectivity index (χ4v) is 7.25. The molecular formula is C50H82BaO8. The molecule has 59 heavy (non-hydrogen) atoms. The summed E-state index contributed by atoms with van der Waals surface area (Å²) < 4.78 is 12.4. The molecule has 0 aromatic heterocycles. The van der Waals surface area contributed by atoms with E-state index >= 15 is 0 Å². The summed E-state index contributed by atoms with van der Waals surface area (Å²) in [5.41, 5.74) is 2.37. The zero-order valence-corrected chi connectivity index (χ0v) is 41.8. The number of carbonyl (C=O) groups is 2. The van der Waals surface area contributed by atoms with Crippen molar-refractivity contribution in [3.63, 3.8) is 0 Å². The van der Waals surface area contributed by atoms with Gasteiger partial charge in [0.25, 0.3) is 0 Å². The maximum Gasteiger partial charge on any atom is 2.00 e. The normalized spacial score (nSPS) is 13.1. The minimum absolute atomic E-state index is 0. The van der Waals surface area contributed by atoms with Crippen molar-refractivity contribution >= 4 is 60.8 Å². The van der Waals surface area contributed by atoms with E-state index in [1.54, 1.807) is 0 Å². The molecule has 0 aliphatic heterocycles. The van der Waals surface area contributed by atoms with Gasteiger partial charge in [0, 0.05) is 11.9 Å². The summed E-state index contributed by atoms with van der Waals surface area (Å²) in [6.07, 6.45) is 26.8. The zero-order valence-electron chi connectivity index (χ0n) is 37.3. The SMILES string of the molecule is CCCCCCC(O)CCCC(CCCCCCC(=O)[O-])OCc1ccccc1.CCCCCCC(O)CCCC(CCCCCCC(=O)[O-])OCc1ccccc1.[Ba+2]. The third kappa shape index (κ3) is 38.2. The van der Waals surface area contributed by atoms with E-state index in [0.717, 1.165) is 116 Å². The van der Waals surface area contributed by atoms with Crippen molar-refractivity contribution < 1.29 is 39.5 Å². The maximum absolute atomic E-state index is 10.5.